The lowest BCUT2D eigenvalue weighted by Crippen LogP contribution is -2.11. The van der Waals surface area contributed by atoms with Gasteiger partial charge in [0.2, 0.25) is 0 Å². The number of hydrogen-bond acceptors (Lipinski definition) is 2. The quantitative estimate of drug-likeness (QED) is 0.316. The Bertz CT molecular complexity index is 209. The Balaban J connectivity index is 3.23. The second kappa shape index (κ2) is 11.7. The van der Waals surface area contributed by atoms with Crippen molar-refractivity contribution in [3.05, 3.63) is 12.2 Å². The van der Waals surface area contributed by atoms with Crippen molar-refractivity contribution >= 4 is 5.97 Å². The SMILES string of the molecule is CCCC/C=C\CCCCCC(C)OC(C)=O. The summed E-state index contributed by atoms with van der Waals surface area (Å²) in [6.45, 7) is 5.65. The van der Waals surface area contributed by atoms with Crippen molar-refractivity contribution in [1.82, 2.24) is 0 Å². The molecule has 0 bridgehead atoms. The fraction of sp³-hybridized carbons (Fsp3) is 0.800. The average molecular weight is 240 g/mol. The minimum Gasteiger partial charge on any atom is -0.463 e. The molecule has 0 aliphatic heterocycles. The maximum Gasteiger partial charge on any atom is 0.302 e. The second-order valence-corrected chi connectivity index (χ2v) is 4.67. The molecule has 17 heavy (non-hydrogen) atoms. The summed E-state index contributed by atoms with van der Waals surface area (Å²) in [5.41, 5.74) is 0. The van der Waals surface area contributed by atoms with Crippen LogP contribution < -0.4 is 0 Å². The summed E-state index contributed by atoms with van der Waals surface area (Å²) in [4.78, 5) is 10.7. The fourth-order valence-electron chi connectivity index (χ4n) is 1.77. The van der Waals surface area contributed by atoms with Gasteiger partial charge in [-0.3, -0.25) is 4.79 Å². The second-order valence-electron chi connectivity index (χ2n) is 4.67. The molecule has 2 heteroatoms. The lowest BCUT2D eigenvalue weighted by atomic mass is 10.1. The van der Waals surface area contributed by atoms with Crippen LogP contribution in [0, 0.1) is 0 Å². The number of allylic oxidation sites excluding steroid dienone is 2. The zero-order chi connectivity index (χ0) is 12.9. The topological polar surface area (TPSA) is 26.3 Å². The molecule has 0 N–H and O–H groups in total. The van der Waals surface area contributed by atoms with Gasteiger partial charge in [0, 0.05) is 6.92 Å². The molecule has 0 aliphatic carbocycles. The molecule has 0 saturated carbocycles. The fourth-order valence-corrected chi connectivity index (χ4v) is 1.77. The van der Waals surface area contributed by atoms with E-state index in [1.807, 2.05) is 6.92 Å². The number of ether oxygens (including phenoxy) is 1. The van der Waals surface area contributed by atoms with Crippen LogP contribution in [0.15, 0.2) is 12.2 Å². The van der Waals surface area contributed by atoms with Gasteiger partial charge in [0.05, 0.1) is 6.10 Å². The molecule has 0 radical (unpaired) electrons. The standard InChI is InChI=1S/C15H28O2/c1-4-5-6-7-8-9-10-11-12-13-14(2)17-15(3)16/h7-8,14H,4-6,9-13H2,1-3H3/b8-7-. The maximum atomic E-state index is 10.7. The van der Waals surface area contributed by atoms with Gasteiger partial charge in [-0.25, -0.2) is 0 Å². The predicted octanol–water partition coefficient (Wildman–Crippen LogP) is 4.63. The van der Waals surface area contributed by atoms with E-state index in [0.717, 1.165) is 12.8 Å². The molecule has 0 spiro atoms. The van der Waals surface area contributed by atoms with Crippen LogP contribution in [-0.4, -0.2) is 12.1 Å². The number of hydrogen-bond donors (Lipinski definition) is 0. The molecular formula is C15H28O2. The monoisotopic (exact) mass is 240 g/mol. The first kappa shape index (κ1) is 16.2. The van der Waals surface area contributed by atoms with Crippen molar-refractivity contribution in [1.29, 1.82) is 0 Å². The van der Waals surface area contributed by atoms with E-state index >= 15 is 0 Å². The highest BCUT2D eigenvalue weighted by atomic mass is 16.5. The average Bonchev–Trinajstić information content (AvgIpc) is 2.26. The van der Waals surface area contributed by atoms with E-state index in [2.05, 4.69) is 19.1 Å². The Morgan fingerprint density at radius 2 is 1.76 bits per heavy atom. The normalized spacial score (nSPS) is 12.9. The number of esters is 1. The Morgan fingerprint density at radius 1 is 1.12 bits per heavy atom. The molecular weight excluding hydrogens is 212 g/mol. The first-order valence-electron chi connectivity index (χ1n) is 6.99. The predicted molar refractivity (Wildman–Crippen MR) is 73.0 cm³/mol. The third kappa shape index (κ3) is 13.1. The van der Waals surface area contributed by atoms with E-state index in [0.29, 0.717) is 0 Å². The molecule has 0 aromatic rings. The summed E-state index contributed by atoms with van der Waals surface area (Å²) in [6, 6.07) is 0. The van der Waals surface area contributed by atoms with Crippen molar-refractivity contribution in [2.24, 2.45) is 0 Å². The number of unbranched alkanes of at least 4 members (excludes halogenated alkanes) is 5. The Morgan fingerprint density at radius 3 is 2.35 bits per heavy atom. The Hall–Kier alpha value is -0.790. The van der Waals surface area contributed by atoms with Crippen molar-refractivity contribution in [3.63, 3.8) is 0 Å². The van der Waals surface area contributed by atoms with Crippen LogP contribution in [-0.2, 0) is 9.53 Å². The summed E-state index contributed by atoms with van der Waals surface area (Å²) in [5.74, 6) is -0.170. The highest BCUT2D eigenvalue weighted by Gasteiger charge is 2.03. The maximum absolute atomic E-state index is 10.7. The van der Waals surface area contributed by atoms with Crippen molar-refractivity contribution in [2.75, 3.05) is 0 Å². The third-order valence-corrected chi connectivity index (χ3v) is 2.74. The number of rotatable bonds is 10. The van der Waals surface area contributed by atoms with Gasteiger partial charge >= 0.3 is 5.97 Å². The zero-order valence-corrected chi connectivity index (χ0v) is 11.7. The van der Waals surface area contributed by atoms with Gasteiger partial charge in [0.25, 0.3) is 0 Å². The van der Waals surface area contributed by atoms with Crippen LogP contribution in [0.1, 0.15) is 72.1 Å². The van der Waals surface area contributed by atoms with Crippen LogP contribution in [0.25, 0.3) is 0 Å². The molecule has 0 aromatic carbocycles. The molecule has 0 aliphatic rings. The van der Waals surface area contributed by atoms with Gasteiger partial charge < -0.3 is 4.74 Å². The Labute approximate surface area is 106 Å². The van der Waals surface area contributed by atoms with Crippen molar-refractivity contribution < 1.29 is 9.53 Å². The molecule has 2 nitrogen and oxygen atoms in total. The van der Waals surface area contributed by atoms with Crippen molar-refractivity contribution in [3.8, 4) is 0 Å². The molecule has 0 fully saturated rings. The molecule has 1 atom stereocenters. The van der Waals surface area contributed by atoms with Crippen LogP contribution in [0.3, 0.4) is 0 Å². The molecule has 0 amide bonds. The minimum atomic E-state index is -0.170. The van der Waals surface area contributed by atoms with Gasteiger partial charge in [-0.2, -0.15) is 0 Å². The summed E-state index contributed by atoms with van der Waals surface area (Å²) in [5, 5.41) is 0. The summed E-state index contributed by atoms with van der Waals surface area (Å²) in [6.07, 6.45) is 14.3. The van der Waals surface area contributed by atoms with Gasteiger partial charge in [0.15, 0.2) is 0 Å². The highest BCUT2D eigenvalue weighted by molar-refractivity contribution is 5.66. The smallest absolute Gasteiger partial charge is 0.302 e. The summed E-state index contributed by atoms with van der Waals surface area (Å²) < 4.78 is 5.07. The molecule has 100 valence electrons. The van der Waals surface area contributed by atoms with Crippen LogP contribution in [0.2, 0.25) is 0 Å². The molecule has 0 heterocycles. The lowest BCUT2D eigenvalue weighted by molar-refractivity contribution is -0.145. The molecule has 0 rings (SSSR count). The first-order chi connectivity index (χ1) is 8.16. The van der Waals surface area contributed by atoms with E-state index < -0.39 is 0 Å². The largest absolute Gasteiger partial charge is 0.463 e. The lowest BCUT2D eigenvalue weighted by Gasteiger charge is -2.10. The van der Waals surface area contributed by atoms with Gasteiger partial charge in [-0.15, -0.1) is 0 Å². The van der Waals surface area contributed by atoms with Gasteiger partial charge in [-0.1, -0.05) is 38.3 Å². The van der Waals surface area contributed by atoms with Crippen LogP contribution in [0.4, 0.5) is 0 Å². The first-order valence-corrected chi connectivity index (χ1v) is 6.99. The van der Waals surface area contributed by atoms with Crippen molar-refractivity contribution in [2.45, 2.75) is 78.2 Å². The summed E-state index contributed by atoms with van der Waals surface area (Å²) in [7, 11) is 0. The Kier molecular flexibility index (Phi) is 11.1. The van der Waals surface area contributed by atoms with E-state index in [1.165, 1.54) is 45.4 Å². The van der Waals surface area contributed by atoms with Crippen LogP contribution >= 0.6 is 0 Å². The van der Waals surface area contributed by atoms with E-state index in [-0.39, 0.29) is 12.1 Å². The molecule has 0 saturated heterocycles. The van der Waals surface area contributed by atoms with Gasteiger partial charge in [-0.05, 0) is 39.0 Å². The minimum absolute atomic E-state index is 0.0765. The summed E-state index contributed by atoms with van der Waals surface area (Å²) >= 11 is 0. The molecule has 1 unspecified atom stereocenters. The number of carbonyl (C=O) groups is 1. The molecule has 0 aromatic heterocycles. The van der Waals surface area contributed by atoms with Crippen LogP contribution in [0.5, 0.6) is 0 Å². The van der Waals surface area contributed by atoms with E-state index in [9.17, 15) is 4.79 Å². The zero-order valence-electron chi connectivity index (χ0n) is 11.7. The number of carbonyl (C=O) groups excluding carboxylic acids is 1. The van der Waals surface area contributed by atoms with E-state index in [4.69, 9.17) is 4.74 Å². The highest BCUT2D eigenvalue weighted by Crippen LogP contribution is 2.09. The van der Waals surface area contributed by atoms with Gasteiger partial charge in [0.1, 0.15) is 0 Å². The van der Waals surface area contributed by atoms with E-state index in [1.54, 1.807) is 0 Å². The third-order valence-electron chi connectivity index (χ3n) is 2.74.